The van der Waals surface area contributed by atoms with Crippen molar-refractivity contribution in [3.8, 4) is 0 Å². The summed E-state index contributed by atoms with van der Waals surface area (Å²) in [6.07, 6.45) is 8.35. The Kier molecular flexibility index (Phi) is 9.31. The number of nitrogens with one attached hydrogen (secondary N) is 2. The molecular formula is C16H29IN4S. The van der Waals surface area contributed by atoms with Gasteiger partial charge in [-0.05, 0) is 32.6 Å². The van der Waals surface area contributed by atoms with E-state index in [0.717, 1.165) is 35.7 Å². The topological polar surface area (TPSA) is 49.3 Å². The number of aryl methyl sites for hydroxylation is 2. The lowest BCUT2D eigenvalue weighted by Gasteiger charge is -2.12. The third-order valence-corrected chi connectivity index (χ3v) is 5.33. The third-order valence-electron chi connectivity index (χ3n) is 4.26. The van der Waals surface area contributed by atoms with Crippen molar-refractivity contribution in [1.29, 1.82) is 0 Å². The SMILES string of the molecule is CN=C(NCCCC1CCCC1)NCc1nc(C)c(C)s1.I. The standard InChI is InChI=1S/C16H28N4S.HI/c1-12-13(2)21-15(20-12)11-19-16(17-3)18-10-6-9-14-7-4-5-8-14;/h14H,4-11H2,1-3H3,(H2,17,18,19);1H. The molecule has 1 heterocycles. The number of hydrogen-bond acceptors (Lipinski definition) is 3. The first-order valence-electron chi connectivity index (χ1n) is 8.06. The Morgan fingerprint density at radius 1 is 1.27 bits per heavy atom. The molecule has 2 N–H and O–H groups in total. The number of aliphatic imine (C=N–C) groups is 1. The van der Waals surface area contributed by atoms with E-state index < -0.39 is 0 Å². The molecule has 1 aliphatic rings. The molecule has 1 fully saturated rings. The highest BCUT2D eigenvalue weighted by Crippen LogP contribution is 2.28. The van der Waals surface area contributed by atoms with E-state index in [0.29, 0.717) is 0 Å². The van der Waals surface area contributed by atoms with Gasteiger partial charge in [-0.25, -0.2) is 4.98 Å². The van der Waals surface area contributed by atoms with Crippen molar-refractivity contribution in [2.75, 3.05) is 13.6 Å². The number of hydrogen-bond donors (Lipinski definition) is 2. The number of halogens is 1. The van der Waals surface area contributed by atoms with Crippen LogP contribution < -0.4 is 10.6 Å². The molecule has 0 aliphatic heterocycles. The van der Waals surface area contributed by atoms with Crippen LogP contribution in [0.1, 0.15) is 54.1 Å². The molecule has 0 saturated heterocycles. The van der Waals surface area contributed by atoms with Crippen LogP contribution in [-0.4, -0.2) is 24.5 Å². The van der Waals surface area contributed by atoms with Gasteiger partial charge in [-0.1, -0.05) is 25.7 Å². The maximum Gasteiger partial charge on any atom is 0.191 e. The van der Waals surface area contributed by atoms with E-state index >= 15 is 0 Å². The lowest BCUT2D eigenvalue weighted by molar-refractivity contribution is 0.481. The first-order chi connectivity index (χ1) is 10.2. The van der Waals surface area contributed by atoms with Crippen LogP contribution in [0.3, 0.4) is 0 Å². The van der Waals surface area contributed by atoms with E-state index in [9.17, 15) is 0 Å². The van der Waals surface area contributed by atoms with E-state index in [-0.39, 0.29) is 24.0 Å². The summed E-state index contributed by atoms with van der Waals surface area (Å²) in [4.78, 5) is 10.1. The average molecular weight is 436 g/mol. The van der Waals surface area contributed by atoms with Crippen LogP contribution in [0.15, 0.2) is 4.99 Å². The van der Waals surface area contributed by atoms with Crippen LogP contribution in [0.4, 0.5) is 0 Å². The van der Waals surface area contributed by atoms with Gasteiger partial charge in [-0.3, -0.25) is 4.99 Å². The smallest absolute Gasteiger partial charge is 0.191 e. The fourth-order valence-corrected chi connectivity index (χ4v) is 3.76. The van der Waals surface area contributed by atoms with E-state index in [1.54, 1.807) is 11.3 Å². The molecule has 126 valence electrons. The minimum atomic E-state index is 0. The van der Waals surface area contributed by atoms with Gasteiger partial charge in [0.25, 0.3) is 0 Å². The number of aromatic nitrogens is 1. The Bertz CT molecular complexity index is 447. The van der Waals surface area contributed by atoms with Gasteiger partial charge in [0, 0.05) is 18.5 Å². The molecule has 0 aromatic carbocycles. The molecule has 2 rings (SSSR count). The lowest BCUT2D eigenvalue weighted by Crippen LogP contribution is -2.37. The molecular weight excluding hydrogens is 407 g/mol. The van der Waals surface area contributed by atoms with Gasteiger partial charge in [0.05, 0.1) is 12.2 Å². The molecule has 0 bridgehead atoms. The molecule has 0 amide bonds. The van der Waals surface area contributed by atoms with Gasteiger partial charge < -0.3 is 10.6 Å². The first-order valence-corrected chi connectivity index (χ1v) is 8.88. The second-order valence-corrected chi connectivity index (χ2v) is 7.18. The van der Waals surface area contributed by atoms with Crippen molar-refractivity contribution in [2.24, 2.45) is 10.9 Å². The highest BCUT2D eigenvalue weighted by Gasteiger charge is 2.14. The van der Waals surface area contributed by atoms with Crippen molar-refractivity contribution in [2.45, 2.75) is 58.9 Å². The molecule has 0 radical (unpaired) electrons. The van der Waals surface area contributed by atoms with Gasteiger partial charge in [0.1, 0.15) is 5.01 Å². The zero-order chi connectivity index (χ0) is 15.1. The van der Waals surface area contributed by atoms with Gasteiger partial charge in [-0.15, -0.1) is 35.3 Å². The van der Waals surface area contributed by atoms with Crippen LogP contribution in [0.25, 0.3) is 0 Å². The summed E-state index contributed by atoms with van der Waals surface area (Å²) in [7, 11) is 1.82. The maximum atomic E-state index is 4.54. The monoisotopic (exact) mass is 436 g/mol. The average Bonchev–Trinajstić information content (AvgIpc) is 3.09. The molecule has 4 nitrogen and oxygen atoms in total. The highest BCUT2D eigenvalue weighted by molar-refractivity contribution is 14.0. The van der Waals surface area contributed by atoms with Crippen molar-refractivity contribution < 1.29 is 0 Å². The first kappa shape index (κ1) is 19.7. The fourth-order valence-electron chi connectivity index (χ4n) is 2.89. The van der Waals surface area contributed by atoms with Crippen LogP contribution in [0.2, 0.25) is 0 Å². The molecule has 1 saturated carbocycles. The fraction of sp³-hybridized carbons (Fsp3) is 0.750. The number of rotatable bonds is 6. The lowest BCUT2D eigenvalue weighted by atomic mass is 10.0. The molecule has 1 aliphatic carbocycles. The van der Waals surface area contributed by atoms with Crippen molar-refractivity contribution in [3.05, 3.63) is 15.6 Å². The molecule has 6 heteroatoms. The Labute approximate surface area is 155 Å². The zero-order valence-corrected chi connectivity index (χ0v) is 17.1. The third kappa shape index (κ3) is 6.40. The number of guanidine groups is 1. The van der Waals surface area contributed by atoms with Crippen molar-refractivity contribution >= 4 is 41.3 Å². The largest absolute Gasteiger partial charge is 0.356 e. The van der Waals surface area contributed by atoms with Gasteiger partial charge in [0.2, 0.25) is 0 Å². The minimum Gasteiger partial charge on any atom is -0.356 e. The predicted octanol–water partition coefficient (Wildman–Crippen LogP) is 4.01. The molecule has 0 atom stereocenters. The molecule has 22 heavy (non-hydrogen) atoms. The Morgan fingerprint density at radius 2 is 2.00 bits per heavy atom. The molecule has 0 unspecified atom stereocenters. The van der Waals surface area contributed by atoms with Crippen molar-refractivity contribution in [1.82, 2.24) is 15.6 Å². The summed E-state index contributed by atoms with van der Waals surface area (Å²) < 4.78 is 0. The summed E-state index contributed by atoms with van der Waals surface area (Å²) in [6, 6.07) is 0. The van der Waals surface area contributed by atoms with E-state index in [4.69, 9.17) is 0 Å². The summed E-state index contributed by atoms with van der Waals surface area (Å²) in [6.45, 7) is 5.94. The summed E-state index contributed by atoms with van der Waals surface area (Å²) in [5, 5.41) is 7.87. The Hall–Kier alpha value is -0.370. The van der Waals surface area contributed by atoms with E-state index in [1.165, 1.54) is 43.4 Å². The number of nitrogens with zero attached hydrogens (tertiary/aromatic N) is 2. The van der Waals surface area contributed by atoms with Gasteiger partial charge in [-0.2, -0.15) is 0 Å². The second-order valence-electron chi connectivity index (χ2n) is 5.89. The van der Waals surface area contributed by atoms with E-state index in [2.05, 4.69) is 34.5 Å². The molecule has 1 aromatic rings. The van der Waals surface area contributed by atoms with Gasteiger partial charge >= 0.3 is 0 Å². The zero-order valence-electron chi connectivity index (χ0n) is 13.9. The second kappa shape index (κ2) is 10.4. The van der Waals surface area contributed by atoms with Crippen LogP contribution in [0.5, 0.6) is 0 Å². The van der Waals surface area contributed by atoms with Crippen molar-refractivity contribution in [3.63, 3.8) is 0 Å². The summed E-state index contributed by atoms with van der Waals surface area (Å²) in [5.74, 6) is 1.86. The Balaban J connectivity index is 0.00000242. The predicted molar refractivity (Wildman–Crippen MR) is 106 cm³/mol. The quantitative estimate of drug-likeness (QED) is 0.307. The summed E-state index contributed by atoms with van der Waals surface area (Å²) >= 11 is 1.76. The van der Waals surface area contributed by atoms with Gasteiger partial charge in [0.15, 0.2) is 5.96 Å². The normalized spacial score (nSPS) is 15.7. The van der Waals surface area contributed by atoms with Crippen LogP contribution in [0, 0.1) is 19.8 Å². The Morgan fingerprint density at radius 3 is 2.59 bits per heavy atom. The highest BCUT2D eigenvalue weighted by atomic mass is 127. The minimum absolute atomic E-state index is 0. The molecule has 1 aromatic heterocycles. The molecule has 0 spiro atoms. The van der Waals surface area contributed by atoms with E-state index in [1.807, 2.05) is 7.05 Å². The maximum absolute atomic E-state index is 4.54. The van der Waals surface area contributed by atoms with Crippen LogP contribution in [-0.2, 0) is 6.54 Å². The summed E-state index contributed by atoms with van der Waals surface area (Å²) in [5.41, 5.74) is 1.14. The number of thiazole rings is 1. The van der Waals surface area contributed by atoms with Crippen LogP contribution >= 0.6 is 35.3 Å².